The van der Waals surface area contributed by atoms with Crippen LogP contribution >= 0.6 is 0 Å². The lowest BCUT2D eigenvalue weighted by molar-refractivity contribution is -0.126. The van der Waals surface area contributed by atoms with Gasteiger partial charge in [0.05, 0.1) is 0 Å². The van der Waals surface area contributed by atoms with Crippen LogP contribution in [0, 0.1) is 23.7 Å². The molecule has 1 saturated carbocycles. The molecular formula is C17H33NO. The Kier molecular flexibility index (Phi) is 7.67. The first-order valence-electron chi connectivity index (χ1n) is 8.32. The van der Waals surface area contributed by atoms with Crippen LogP contribution in [0.4, 0.5) is 0 Å². The summed E-state index contributed by atoms with van der Waals surface area (Å²) < 4.78 is 0. The van der Waals surface area contributed by atoms with Gasteiger partial charge >= 0.3 is 0 Å². The van der Waals surface area contributed by atoms with Gasteiger partial charge in [-0.2, -0.15) is 0 Å². The Bertz CT molecular complexity index is 262. The summed E-state index contributed by atoms with van der Waals surface area (Å²) in [4.78, 5) is 12.5. The van der Waals surface area contributed by atoms with Gasteiger partial charge in [0.2, 0.25) is 0 Å². The van der Waals surface area contributed by atoms with Crippen LogP contribution in [0.3, 0.4) is 0 Å². The SMILES string of the molecule is CCC1CCCCC1C(=O)CCC(CCN)C(C)C. The van der Waals surface area contributed by atoms with Crippen molar-refractivity contribution in [2.24, 2.45) is 29.4 Å². The molecule has 1 aliphatic rings. The van der Waals surface area contributed by atoms with Crippen molar-refractivity contribution < 1.29 is 4.79 Å². The molecule has 0 bridgehead atoms. The molecule has 0 saturated heterocycles. The fourth-order valence-corrected chi connectivity index (χ4v) is 3.66. The summed E-state index contributed by atoms with van der Waals surface area (Å²) in [6.45, 7) is 7.49. The molecule has 0 aliphatic heterocycles. The van der Waals surface area contributed by atoms with Crippen molar-refractivity contribution in [1.82, 2.24) is 0 Å². The van der Waals surface area contributed by atoms with Gasteiger partial charge in [-0.05, 0) is 50.0 Å². The zero-order valence-corrected chi connectivity index (χ0v) is 13.2. The van der Waals surface area contributed by atoms with Crippen LogP contribution in [0.2, 0.25) is 0 Å². The summed E-state index contributed by atoms with van der Waals surface area (Å²) in [6, 6.07) is 0. The first-order valence-corrected chi connectivity index (χ1v) is 8.32. The van der Waals surface area contributed by atoms with E-state index < -0.39 is 0 Å². The second kappa shape index (κ2) is 8.73. The highest BCUT2D eigenvalue weighted by Gasteiger charge is 2.29. The van der Waals surface area contributed by atoms with E-state index in [1.807, 2.05) is 0 Å². The van der Waals surface area contributed by atoms with E-state index in [0.29, 0.717) is 29.5 Å². The molecular weight excluding hydrogens is 234 g/mol. The van der Waals surface area contributed by atoms with Gasteiger partial charge in [0, 0.05) is 12.3 Å². The minimum absolute atomic E-state index is 0.365. The van der Waals surface area contributed by atoms with Crippen molar-refractivity contribution in [1.29, 1.82) is 0 Å². The molecule has 3 unspecified atom stereocenters. The number of carbonyl (C=O) groups excluding carboxylic acids is 1. The molecule has 0 aromatic carbocycles. The quantitative estimate of drug-likeness (QED) is 0.717. The number of hydrogen-bond donors (Lipinski definition) is 1. The molecule has 0 aromatic rings. The van der Waals surface area contributed by atoms with Crippen molar-refractivity contribution in [2.75, 3.05) is 6.54 Å². The van der Waals surface area contributed by atoms with Gasteiger partial charge < -0.3 is 5.73 Å². The third kappa shape index (κ3) is 5.25. The normalized spacial score (nSPS) is 25.5. The summed E-state index contributed by atoms with van der Waals surface area (Å²) in [5, 5.41) is 0. The summed E-state index contributed by atoms with van der Waals surface area (Å²) in [5.74, 6) is 2.83. The topological polar surface area (TPSA) is 43.1 Å². The summed E-state index contributed by atoms with van der Waals surface area (Å²) in [6.07, 6.45) is 9.04. The first-order chi connectivity index (χ1) is 9.10. The largest absolute Gasteiger partial charge is 0.330 e. The number of rotatable bonds is 8. The van der Waals surface area contributed by atoms with Crippen molar-refractivity contribution in [3.8, 4) is 0 Å². The molecule has 0 heterocycles. The molecule has 0 amide bonds. The maximum atomic E-state index is 12.5. The molecule has 112 valence electrons. The van der Waals surface area contributed by atoms with Gasteiger partial charge in [-0.25, -0.2) is 0 Å². The highest BCUT2D eigenvalue weighted by molar-refractivity contribution is 5.81. The van der Waals surface area contributed by atoms with Crippen LogP contribution in [-0.4, -0.2) is 12.3 Å². The molecule has 0 spiro atoms. The second-order valence-corrected chi connectivity index (χ2v) is 6.65. The molecule has 19 heavy (non-hydrogen) atoms. The summed E-state index contributed by atoms with van der Waals surface area (Å²) in [7, 11) is 0. The number of Topliss-reactive ketones (excluding diaryl/α,β-unsaturated/α-hetero) is 1. The molecule has 0 aromatic heterocycles. The van der Waals surface area contributed by atoms with Gasteiger partial charge in [0.25, 0.3) is 0 Å². The van der Waals surface area contributed by atoms with Gasteiger partial charge in [-0.1, -0.05) is 40.0 Å². The lowest BCUT2D eigenvalue weighted by Gasteiger charge is -2.30. The predicted molar refractivity (Wildman–Crippen MR) is 82.0 cm³/mol. The van der Waals surface area contributed by atoms with E-state index in [0.717, 1.165) is 32.2 Å². The molecule has 3 atom stereocenters. The Morgan fingerprint density at radius 3 is 2.47 bits per heavy atom. The van der Waals surface area contributed by atoms with Crippen molar-refractivity contribution >= 4 is 5.78 Å². The average Bonchev–Trinajstić information content (AvgIpc) is 2.42. The second-order valence-electron chi connectivity index (χ2n) is 6.65. The number of ketones is 1. The fourth-order valence-electron chi connectivity index (χ4n) is 3.66. The molecule has 1 aliphatic carbocycles. The van der Waals surface area contributed by atoms with Crippen LogP contribution in [0.15, 0.2) is 0 Å². The Labute approximate surface area is 119 Å². The van der Waals surface area contributed by atoms with E-state index in [2.05, 4.69) is 20.8 Å². The third-order valence-corrected chi connectivity index (χ3v) is 5.09. The standard InChI is InChI=1S/C17H33NO/c1-4-14-7-5-6-8-16(14)17(19)10-9-15(11-12-18)13(2)3/h13-16H,4-12,18H2,1-3H3. The van der Waals surface area contributed by atoms with E-state index in [1.54, 1.807) is 0 Å². The Hall–Kier alpha value is -0.370. The fraction of sp³-hybridized carbons (Fsp3) is 0.941. The van der Waals surface area contributed by atoms with E-state index in [1.165, 1.54) is 25.7 Å². The van der Waals surface area contributed by atoms with Crippen LogP contribution in [0.1, 0.15) is 72.1 Å². The number of nitrogens with two attached hydrogens (primary N) is 1. The van der Waals surface area contributed by atoms with Gasteiger partial charge in [-0.15, -0.1) is 0 Å². The molecule has 2 heteroatoms. The number of hydrogen-bond acceptors (Lipinski definition) is 2. The Morgan fingerprint density at radius 1 is 1.21 bits per heavy atom. The monoisotopic (exact) mass is 267 g/mol. The molecule has 1 fully saturated rings. The van der Waals surface area contributed by atoms with E-state index in [9.17, 15) is 4.79 Å². The van der Waals surface area contributed by atoms with Crippen LogP contribution < -0.4 is 5.73 Å². The maximum Gasteiger partial charge on any atom is 0.136 e. The zero-order chi connectivity index (χ0) is 14.3. The number of carbonyl (C=O) groups is 1. The minimum Gasteiger partial charge on any atom is -0.330 e. The van der Waals surface area contributed by atoms with Gasteiger partial charge in [-0.3, -0.25) is 4.79 Å². The van der Waals surface area contributed by atoms with E-state index >= 15 is 0 Å². The highest BCUT2D eigenvalue weighted by atomic mass is 16.1. The maximum absolute atomic E-state index is 12.5. The van der Waals surface area contributed by atoms with Gasteiger partial charge in [0.15, 0.2) is 0 Å². The molecule has 2 N–H and O–H groups in total. The first kappa shape index (κ1) is 16.7. The van der Waals surface area contributed by atoms with Crippen LogP contribution in [0.25, 0.3) is 0 Å². The average molecular weight is 267 g/mol. The predicted octanol–water partition coefficient (Wildman–Crippen LogP) is 4.17. The Morgan fingerprint density at radius 2 is 1.89 bits per heavy atom. The highest BCUT2D eigenvalue weighted by Crippen LogP contribution is 2.34. The van der Waals surface area contributed by atoms with Crippen molar-refractivity contribution in [2.45, 2.75) is 72.1 Å². The third-order valence-electron chi connectivity index (χ3n) is 5.09. The Balaban J connectivity index is 2.44. The van der Waals surface area contributed by atoms with Crippen molar-refractivity contribution in [3.05, 3.63) is 0 Å². The molecule has 0 radical (unpaired) electrons. The zero-order valence-electron chi connectivity index (χ0n) is 13.2. The van der Waals surface area contributed by atoms with Crippen molar-refractivity contribution in [3.63, 3.8) is 0 Å². The van der Waals surface area contributed by atoms with E-state index in [-0.39, 0.29) is 0 Å². The summed E-state index contributed by atoms with van der Waals surface area (Å²) in [5.41, 5.74) is 5.68. The molecule has 2 nitrogen and oxygen atoms in total. The lowest BCUT2D eigenvalue weighted by Crippen LogP contribution is -2.27. The van der Waals surface area contributed by atoms with Gasteiger partial charge in [0.1, 0.15) is 5.78 Å². The smallest absolute Gasteiger partial charge is 0.136 e. The van der Waals surface area contributed by atoms with E-state index in [4.69, 9.17) is 5.73 Å². The summed E-state index contributed by atoms with van der Waals surface area (Å²) >= 11 is 0. The van der Waals surface area contributed by atoms with Crippen LogP contribution in [0.5, 0.6) is 0 Å². The van der Waals surface area contributed by atoms with Crippen LogP contribution in [-0.2, 0) is 4.79 Å². The molecule has 1 rings (SSSR count). The lowest BCUT2D eigenvalue weighted by atomic mass is 9.74. The minimum atomic E-state index is 0.365.